The van der Waals surface area contributed by atoms with Gasteiger partial charge in [0.2, 0.25) is 5.91 Å². The predicted octanol–water partition coefficient (Wildman–Crippen LogP) is 4.78. The third-order valence-electron chi connectivity index (χ3n) is 10.4. The van der Waals surface area contributed by atoms with Gasteiger partial charge in [0.25, 0.3) is 0 Å². The van der Waals surface area contributed by atoms with Crippen LogP contribution in [0, 0.1) is 35.0 Å². The van der Waals surface area contributed by atoms with Gasteiger partial charge in [0.1, 0.15) is 0 Å². The average molecular weight is 589 g/mol. The molecule has 6 rings (SSSR count). The largest absolute Gasteiger partial charge is 0.371 e. The van der Waals surface area contributed by atoms with E-state index in [2.05, 4.69) is 33.3 Å². The molecule has 3 atom stereocenters. The van der Waals surface area contributed by atoms with Gasteiger partial charge in [0, 0.05) is 43.7 Å². The van der Waals surface area contributed by atoms with Crippen LogP contribution in [0.15, 0.2) is 59.5 Å². The molecule has 42 heavy (non-hydrogen) atoms. The number of benzene rings is 2. The Morgan fingerprint density at radius 1 is 0.976 bits per heavy atom. The normalized spacial score (nSPS) is 25.4. The Morgan fingerprint density at radius 3 is 2.29 bits per heavy atom. The van der Waals surface area contributed by atoms with Crippen molar-refractivity contribution < 1.29 is 13.2 Å². The van der Waals surface area contributed by atoms with E-state index in [0.29, 0.717) is 17.4 Å². The first kappa shape index (κ1) is 29.2. The number of nitriles is 1. The fraction of sp³-hybridized carbons (Fsp3) is 0.588. The van der Waals surface area contributed by atoms with E-state index in [4.69, 9.17) is 0 Å². The lowest BCUT2D eigenvalue weighted by Gasteiger charge is -2.48. The van der Waals surface area contributed by atoms with Crippen LogP contribution in [0.25, 0.3) is 0 Å². The van der Waals surface area contributed by atoms with Crippen molar-refractivity contribution in [1.29, 1.82) is 5.26 Å². The highest BCUT2D eigenvalue weighted by atomic mass is 32.2. The van der Waals surface area contributed by atoms with Crippen LogP contribution in [0.2, 0.25) is 0 Å². The second-order valence-corrected chi connectivity index (χ2v) is 15.2. The highest BCUT2D eigenvalue weighted by Gasteiger charge is 2.53. The zero-order valence-corrected chi connectivity index (χ0v) is 25.6. The van der Waals surface area contributed by atoms with Gasteiger partial charge in [-0.05, 0) is 100 Å². The maximum Gasteiger partial charge on any atom is 0.223 e. The van der Waals surface area contributed by atoms with Crippen LogP contribution in [-0.2, 0) is 20.0 Å². The van der Waals surface area contributed by atoms with E-state index in [0.717, 1.165) is 88.9 Å². The highest BCUT2D eigenvalue weighted by Crippen LogP contribution is 2.52. The van der Waals surface area contributed by atoms with Crippen molar-refractivity contribution in [2.75, 3.05) is 44.2 Å². The molecule has 4 aliphatic rings. The quantitative estimate of drug-likeness (QED) is 0.429. The third kappa shape index (κ3) is 5.46. The predicted molar refractivity (Wildman–Crippen MR) is 165 cm³/mol. The standard InChI is InChI=1S/C34H44N4O3S/c1-2-36-33(39)31-9-6-10-32(31)34(24-35,26-7-4-3-5-8-26)27-17-19-37(20-18-27)21-25-22-38(23-25)28-11-13-29(14-12-28)42(40,41)30-15-16-30/h3-5,7-8,11-14,25,27,30-32H,2,6,9-10,15-23H2,1H3,(H,36,39). The van der Waals surface area contributed by atoms with E-state index in [9.17, 15) is 18.5 Å². The van der Waals surface area contributed by atoms with E-state index in [-0.39, 0.29) is 28.9 Å². The summed E-state index contributed by atoms with van der Waals surface area (Å²) in [6.45, 7) is 7.55. The number of anilines is 1. The molecule has 2 saturated heterocycles. The molecule has 2 saturated carbocycles. The summed E-state index contributed by atoms with van der Waals surface area (Å²) < 4.78 is 25.0. The Kier molecular flexibility index (Phi) is 8.35. The van der Waals surface area contributed by atoms with Gasteiger partial charge >= 0.3 is 0 Å². The maximum absolute atomic E-state index is 13.1. The molecular weight excluding hydrogens is 544 g/mol. The first-order valence-electron chi connectivity index (χ1n) is 15.9. The number of amides is 1. The maximum atomic E-state index is 13.1. The molecule has 7 nitrogen and oxygen atoms in total. The summed E-state index contributed by atoms with van der Waals surface area (Å²) in [5.74, 6) is 0.861. The van der Waals surface area contributed by atoms with Crippen LogP contribution in [-0.4, -0.2) is 63.7 Å². The van der Waals surface area contributed by atoms with Crippen molar-refractivity contribution in [1.82, 2.24) is 10.2 Å². The Hall–Kier alpha value is -2.89. The molecule has 1 N–H and O–H groups in total. The minimum Gasteiger partial charge on any atom is -0.371 e. The fourth-order valence-electron chi connectivity index (χ4n) is 8.08. The molecule has 3 unspecified atom stereocenters. The number of carbonyl (C=O) groups excluding carboxylic acids is 1. The van der Waals surface area contributed by atoms with Crippen LogP contribution in [0.3, 0.4) is 0 Å². The number of piperidine rings is 1. The molecule has 0 bridgehead atoms. The van der Waals surface area contributed by atoms with Crippen molar-refractivity contribution in [3.8, 4) is 6.07 Å². The van der Waals surface area contributed by atoms with Gasteiger partial charge in [0.05, 0.1) is 21.6 Å². The zero-order chi connectivity index (χ0) is 29.3. The van der Waals surface area contributed by atoms with E-state index in [1.54, 1.807) is 12.1 Å². The van der Waals surface area contributed by atoms with Gasteiger partial charge in [-0.2, -0.15) is 5.26 Å². The number of hydrogen-bond acceptors (Lipinski definition) is 6. The van der Waals surface area contributed by atoms with Crippen molar-refractivity contribution in [2.24, 2.45) is 23.7 Å². The Bertz CT molecular complexity index is 1390. The molecule has 2 aliphatic heterocycles. The van der Waals surface area contributed by atoms with Crippen molar-refractivity contribution >= 4 is 21.4 Å². The Labute approximate surface area is 251 Å². The molecule has 2 heterocycles. The van der Waals surface area contributed by atoms with Crippen LogP contribution >= 0.6 is 0 Å². The minimum atomic E-state index is -3.14. The summed E-state index contributed by atoms with van der Waals surface area (Å²) in [5.41, 5.74) is 1.53. The summed E-state index contributed by atoms with van der Waals surface area (Å²) in [7, 11) is -3.14. The minimum absolute atomic E-state index is 0.0406. The molecule has 1 amide bonds. The highest BCUT2D eigenvalue weighted by molar-refractivity contribution is 7.92. The Balaban J connectivity index is 1.08. The number of hydrogen-bond donors (Lipinski definition) is 1. The summed E-state index contributed by atoms with van der Waals surface area (Å²) in [5, 5.41) is 13.8. The van der Waals surface area contributed by atoms with E-state index >= 15 is 0 Å². The number of carbonyl (C=O) groups is 1. The van der Waals surface area contributed by atoms with Crippen LogP contribution in [0.5, 0.6) is 0 Å². The van der Waals surface area contributed by atoms with Gasteiger partial charge in [0.15, 0.2) is 9.84 Å². The molecule has 4 fully saturated rings. The number of nitrogens with one attached hydrogen (secondary N) is 1. The summed E-state index contributed by atoms with van der Waals surface area (Å²) in [6, 6.07) is 20.6. The zero-order valence-electron chi connectivity index (χ0n) is 24.7. The second-order valence-electron chi connectivity index (χ2n) is 13.0. The number of rotatable bonds is 10. The van der Waals surface area contributed by atoms with Crippen LogP contribution < -0.4 is 10.2 Å². The monoisotopic (exact) mass is 588 g/mol. The number of likely N-dealkylation sites (tertiary alicyclic amines) is 1. The van der Waals surface area contributed by atoms with Crippen molar-refractivity contribution in [2.45, 2.75) is 67.4 Å². The third-order valence-corrected chi connectivity index (χ3v) is 12.7. The van der Waals surface area contributed by atoms with Crippen LogP contribution in [0.1, 0.15) is 57.4 Å². The molecule has 0 spiro atoms. The average Bonchev–Trinajstić information content (AvgIpc) is 3.75. The molecule has 224 valence electrons. The second kappa shape index (κ2) is 12.0. The van der Waals surface area contributed by atoms with Crippen molar-refractivity contribution in [3.63, 3.8) is 0 Å². The topological polar surface area (TPSA) is 93.5 Å². The first-order valence-corrected chi connectivity index (χ1v) is 17.5. The first-order chi connectivity index (χ1) is 20.4. The molecule has 2 aromatic carbocycles. The number of sulfone groups is 1. The van der Waals surface area contributed by atoms with Crippen LogP contribution in [0.4, 0.5) is 5.69 Å². The summed E-state index contributed by atoms with van der Waals surface area (Å²) in [6.07, 6.45) is 6.30. The molecule has 0 radical (unpaired) electrons. The SMILES string of the molecule is CCNC(=O)C1CCCC1C(C#N)(c1ccccc1)C1CCN(CC2CN(c3ccc(S(=O)(=O)C4CC4)cc3)C2)CC1. The number of nitrogens with zero attached hydrogens (tertiary/aromatic N) is 3. The van der Waals surface area contributed by atoms with Gasteiger partial charge < -0.3 is 15.1 Å². The lowest BCUT2D eigenvalue weighted by atomic mass is 9.58. The fourth-order valence-corrected chi connectivity index (χ4v) is 9.74. The van der Waals surface area contributed by atoms with E-state index < -0.39 is 15.3 Å². The van der Waals surface area contributed by atoms with Crippen molar-refractivity contribution in [3.05, 3.63) is 60.2 Å². The lowest BCUT2D eigenvalue weighted by molar-refractivity contribution is -0.126. The molecular formula is C34H44N4O3S. The molecule has 2 aromatic rings. The summed E-state index contributed by atoms with van der Waals surface area (Å²) >= 11 is 0. The van der Waals surface area contributed by atoms with E-state index in [1.807, 2.05) is 37.3 Å². The van der Waals surface area contributed by atoms with E-state index in [1.165, 1.54) is 0 Å². The van der Waals surface area contributed by atoms with Gasteiger partial charge in [-0.15, -0.1) is 0 Å². The summed E-state index contributed by atoms with van der Waals surface area (Å²) in [4.78, 5) is 18.5. The Morgan fingerprint density at radius 2 is 1.67 bits per heavy atom. The smallest absolute Gasteiger partial charge is 0.223 e. The molecule has 0 aromatic heterocycles. The molecule has 2 aliphatic carbocycles. The molecule has 8 heteroatoms. The van der Waals surface area contributed by atoms with Gasteiger partial charge in [-0.3, -0.25) is 4.79 Å². The van der Waals surface area contributed by atoms with Gasteiger partial charge in [-0.25, -0.2) is 8.42 Å². The lowest BCUT2D eigenvalue weighted by Crippen LogP contribution is -2.54. The van der Waals surface area contributed by atoms with Gasteiger partial charge in [-0.1, -0.05) is 36.8 Å².